The first kappa shape index (κ1) is 19.7. The first-order valence-corrected chi connectivity index (χ1v) is 9.06. The molecule has 0 aliphatic heterocycles. The zero-order valence-corrected chi connectivity index (χ0v) is 16.6. The Morgan fingerprint density at radius 3 is 2.64 bits per heavy atom. The van der Waals surface area contributed by atoms with Crippen LogP contribution in [0.1, 0.15) is 0 Å². The van der Waals surface area contributed by atoms with Crippen LogP contribution in [-0.2, 0) is 11.8 Å². The van der Waals surface area contributed by atoms with Gasteiger partial charge in [0.25, 0.3) is 5.91 Å². The van der Waals surface area contributed by atoms with Crippen LogP contribution in [0.25, 0.3) is 21.8 Å². The Morgan fingerprint density at radius 1 is 1.18 bits per heavy atom. The van der Waals surface area contributed by atoms with Crippen molar-refractivity contribution in [3.8, 4) is 11.5 Å². The summed E-state index contributed by atoms with van der Waals surface area (Å²) in [5, 5.41) is 3.83. The monoisotopic (exact) mass is 383 g/mol. The molecule has 1 amide bonds. The van der Waals surface area contributed by atoms with Crippen molar-refractivity contribution in [3.05, 3.63) is 46.6 Å². The summed E-state index contributed by atoms with van der Waals surface area (Å²) in [6, 6.07) is 10.9. The van der Waals surface area contributed by atoms with Gasteiger partial charge in [0.05, 0.1) is 23.5 Å². The molecule has 1 heterocycles. The molecule has 1 N–H and O–H groups in total. The molecule has 0 saturated carbocycles. The molecular weight excluding hydrogens is 358 g/mol. The van der Waals surface area contributed by atoms with Gasteiger partial charge in [-0.3, -0.25) is 9.59 Å². The lowest BCUT2D eigenvalue weighted by Gasteiger charge is -2.16. The van der Waals surface area contributed by atoms with Gasteiger partial charge in [-0.05, 0) is 26.2 Å². The molecule has 0 aliphatic carbocycles. The lowest BCUT2D eigenvalue weighted by molar-refractivity contribution is -0.123. The zero-order valence-electron chi connectivity index (χ0n) is 16.6. The predicted molar refractivity (Wildman–Crippen MR) is 110 cm³/mol. The highest BCUT2D eigenvalue weighted by atomic mass is 16.5. The Bertz CT molecular complexity index is 1070. The molecule has 0 bridgehead atoms. The third kappa shape index (κ3) is 3.94. The number of nitrogens with zero attached hydrogens (tertiary/aromatic N) is 2. The fourth-order valence-corrected chi connectivity index (χ4v) is 3.14. The van der Waals surface area contributed by atoms with Crippen molar-refractivity contribution in [3.63, 3.8) is 0 Å². The molecule has 0 fully saturated rings. The number of carbonyl (C=O) groups is 1. The minimum absolute atomic E-state index is 0.130. The number of hydrogen-bond donors (Lipinski definition) is 1. The highest BCUT2D eigenvalue weighted by molar-refractivity contribution is 5.97. The lowest BCUT2D eigenvalue weighted by Crippen LogP contribution is -2.34. The van der Waals surface area contributed by atoms with Crippen LogP contribution in [0.3, 0.4) is 0 Å². The average Bonchev–Trinajstić information content (AvgIpc) is 2.69. The number of rotatable bonds is 7. The molecule has 0 aliphatic rings. The molecule has 0 radical (unpaired) electrons. The van der Waals surface area contributed by atoms with Crippen molar-refractivity contribution < 1.29 is 14.3 Å². The van der Waals surface area contributed by atoms with E-state index in [1.165, 1.54) is 0 Å². The number of fused-ring (bicyclic) bond motifs is 2. The normalized spacial score (nSPS) is 11.2. The molecule has 0 unspecified atom stereocenters. The van der Waals surface area contributed by atoms with Gasteiger partial charge < -0.3 is 24.3 Å². The van der Waals surface area contributed by atoms with E-state index >= 15 is 0 Å². The summed E-state index contributed by atoms with van der Waals surface area (Å²) in [7, 11) is 7.32. The van der Waals surface area contributed by atoms with Crippen LogP contribution < -0.4 is 20.2 Å². The summed E-state index contributed by atoms with van der Waals surface area (Å²) >= 11 is 0. The van der Waals surface area contributed by atoms with Crippen molar-refractivity contribution >= 4 is 27.7 Å². The van der Waals surface area contributed by atoms with Gasteiger partial charge in [0.15, 0.2) is 6.61 Å². The minimum atomic E-state index is -0.240. The van der Waals surface area contributed by atoms with E-state index in [4.69, 9.17) is 9.47 Å². The Kier molecular flexibility index (Phi) is 5.84. The molecule has 0 spiro atoms. The number of ether oxygens (including phenoxy) is 2. The SMILES string of the molecule is COc1cc(OCC(=O)NCCN(C)C)c2c(=O)c3ccccc3n(C)c2c1. The van der Waals surface area contributed by atoms with Crippen LogP contribution in [-0.4, -0.2) is 56.3 Å². The van der Waals surface area contributed by atoms with Gasteiger partial charge in [-0.1, -0.05) is 12.1 Å². The van der Waals surface area contributed by atoms with Crippen LogP contribution in [0.4, 0.5) is 0 Å². The van der Waals surface area contributed by atoms with E-state index in [0.717, 1.165) is 12.1 Å². The lowest BCUT2D eigenvalue weighted by atomic mass is 10.1. The average molecular weight is 383 g/mol. The summed E-state index contributed by atoms with van der Waals surface area (Å²) in [5.74, 6) is 0.652. The number of amides is 1. The first-order chi connectivity index (χ1) is 13.4. The van der Waals surface area contributed by atoms with E-state index in [1.807, 2.05) is 48.8 Å². The Hall–Kier alpha value is -3.06. The van der Waals surface area contributed by atoms with Crippen LogP contribution >= 0.6 is 0 Å². The summed E-state index contributed by atoms with van der Waals surface area (Å²) in [6.45, 7) is 1.09. The number of carbonyl (C=O) groups excluding carboxylic acids is 1. The topological polar surface area (TPSA) is 72.8 Å². The molecule has 0 atom stereocenters. The van der Waals surface area contributed by atoms with Gasteiger partial charge >= 0.3 is 0 Å². The van der Waals surface area contributed by atoms with E-state index in [1.54, 1.807) is 25.3 Å². The van der Waals surface area contributed by atoms with E-state index in [-0.39, 0.29) is 17.9 Å². The maximum atomic E-state index is 13.1. The summed E-state index contributed by atoms with van der Waals surface area (Å²) in [4.78, 5) is 27.2. The van der Waals surface area contributed by atoms with Gasteiger partial charge in [0.2, 0.25) is 5.43 Å². The minimum Gasteiger partial charge on any atom is -0.497 e. The van der Waals surface area contributed by atoms with Crippen LogP contribution in [0, 0.1) is 0 Å². The van der Waals surface area contributed by atoms with Crippen LogP contribution in [0.15, 0.2) is 41.2 Å². The number of pyridine rings is 1. The van der Waals surface area contributed by atoms with Crippen LogP contribution in [0.2, 0.25) is 0 Å². The van der Waals surface area contributed by atoms with Gasteiger partial charge in [0, 0.05) is 37.7 Å². The number of aryl methyl sites for hydroxylation is 1. The zero-order chi connectivity index (χ0) is 20.3. The van der Waals surface area contributed by atoms with Crippen molar-refractivity contribution in [1.29, 1.82) is 0 Å². The van der Waals surface area contributed by atoms with E-state index in [0.29, 0.717) is 34.3 Å². The van der Waals surface area contributed by atoms with E-state index in [2.05, 4.69) is 5.32 Å². The molecule has 7 heteroatoms. The van der Waals surface area contributed by atoms with Crippen molar-refractivity contribution in [2.45, 2.75) is 0 Å². The molecule has 2 aromatic carbocycles. The van der Waals surface area contributed by atoms with Crippen molar-refractivity contribution in [1.82, 2.24) is 14.8 Å². The molecule has 7 nitrogen and oxygen atoms in total. The number of aromatic nitrogens is 1. The molecular formula is C21H25N3O4. The first-order valence-electron chi connectivity index (χ1n) is 9.06. The second-order valence-corrected chi connectivity index (χ2v) is 6.87. The van der Waals surface area contributed by atoms with Crippen molar-refractivity contribution in [2.75, 3.05) is 40.9 Å². The van der Waals surface area contributed by atoms with Gasteiger partial charge in [-0.25, -0.2) is 0 Å². The highest BCUT2D eigenvalue weighted by Gasteiger charge is 2.16. The number of hydrogen-bond acceptors (Lipinski definition) is 5. The number of benzene rings is 2. The van der Waals surface area contributed by atoms with E-state index in [9.17, 15) is 9.59 Å². The van der Waals surface area contributed by atoms with Crippen molar-refractivity contribution in [2.24, 2.45) is 7.05 Å². The number of nitrogens with one attached hydrogen (secondary N) is 1. The number of methoxy groups -OCH3 is 1. The number of likely N-dealkylation sites (N-methyl/N-ethyl adjacent to an activating group) is 1. The summed E-state index contributed by atoms with van der Waals surface area (Å²) < 4.78 is 13.0. The van der Waals surface area contributed by atoms with Crippen LogP contribution in [0.5, 0.6) is 11.5 Å². The third-order valence-corrected chi connectivity index (χ3v) is 4.63. The van der Waals surface area contributed by atoms with Gasteiger partial charge in [0.1, 0.15) is 11.5 Å². The summed E-state index contributed by atoms with van der Waals surface area (Å²) in [6.07, 6.45) is 0. The standard InChI is InChI=1S/C21H25N3O4/c1-23(2)10-9-22-19(25)13-28-18-12-14(27-4)11-17-20(18)21(26)15-7-5-6-8-16(15)24(17)3/h5-8,11-12H,9-10,13H2,1-4H3,(H,22,25). The van der Waals surface area contributed by atoms with Gasteiger partial charge in [-0.2, -0.15) is 0 Å². The summed E-state index contributed by atoms with van der Waals surface area (Å²) in [5.41, 5.74) is 1.38. The molecule has 148 valence electrons. The van der Waals surface area contributed by atoms with E-state index < -0.39 is 0 Å². The molecule has 3 rings (SSSR count). The quantitative estimate of drug-likeness (QED) is 0.630. The highest BCUT2D eigenvalue weighted by Crippen LogP contribution is 2.31. The number of para-hydroxylation sites is 1. The molecule has 3 aromatic rings. The third-order valence-electron chi connectivity index (χ3n) is 4.63. The molecule has 1 aromatic heterocycles. The molecule has 28 heavy (non-hydrogen) atoms. The maximum Gasteiger partial charge on any atom is 0.257 e. The largest absolute Gasteiger partial charge is 0.497 e. The second kappa shape index (κ2) is 8.31. The van der Waals surface area contributed by atoms with Gasteiger partial charge in [-0.15, -0.1) is 0 Å². The smallest absolute Gasteiger partial charge is 0.257 e. The fraction of sp³-hybridized carbons (Fsp3) is 0.333. The Morgan fingerprint density at radius 2 is 1.93 bits per heavy atom. The Labute approximate surface area is 163 Å². The second-order valence-electron chi connectivity index (χ2n) is 6.87. The fourth-order valence-electron chi connectivity index (χ4n) is 3.14. The Balaban J connectivity index is 1.99. The predicted octanol–water partition coefficient (Wildman–Crippen LogP) is 1.76. The maximum absolute atomic E-state index is 13.1. The molecule has 0 saturated heterocycles.